The van der Waals surface area contributed by atoms with Gasteiger partial charge in [0.25, 0.3) is 5.56 Å². The molecule has 1 atom stereocenters. The highest BCUT2D eigenvalue weighted by Crippen LogP contribution is 2.28. The van der Waals surface area contributed by atoms with E-state index in [1.165, 1.54) is 5.56 Å². The predicted molar refractivity (Wildman–Crippen MR) is 133 cm³/mol. The number of fused-ring (bicyclic) bond motifs is 1. The van der Waals surface area contributed by atoms with Crippen LogP contribution in [-0.2, 0) is 13.0 Å². The van der Waals surface area contributed by atoms with Gasteiger partial charge >= 0.3 is 0 Å². The van der Waals surface area contributed by atoms with Crippen LogP contribution in [0.5, 0.6) is 5.75 Å². The lowest BCUT2D eigenvalue weighted by Gasteiger charge is -2.19. The largest absolute Gasteiger partial charge is 0.497 e. The van der Waals surface area contributed by atoms with Crippen molar-refractivity contribution in [3.8, 4) is 11.8 Å². The van der Waals surface area contributed by atoms with Gasteiger partial charge in [-0.1, -0.05) is 66.2 Å². The summed E-state index contributed by atoms with van der Waals surface area (Å²) in [6, 6.07) is 25.9. The van der Waals surface area contributed by atoms with Crippen molar-refractivity contribution in [2.75, 3.05) is 7.11 Å². The van der Waals surface area contributed by atoms with E-state index >= 15 is 0 Å². The minimum atomic E-state index is -0.270. The van der Waals surface area contributed by atoms with Crippen molar-refractivity contribution in [2.45, 2.75) is 25.8 Å². The molecule has 4 aromatic rings. The fourth-order valence-electron chi connectivity index (χ4n) is 4.24. The van der Waals surface area contributed by atoms with Gasteiger partial charge in [0.15, 0.2) is 0 Å². The number of benzene rings is 3. The second-order valence-electron chi connectivity index (χ2n) is 8.18. The zero-order chi connectivity index (χ0) is 23.4. The predicted octanol–water partition coefficient (Wildman–Crippen LogP) is 5.75. The molecule has 0 radical (unpaired) electrons. The number of rotatable bonds is 7. The van der Waals surface area contributed by atoms with Gasteiger partial charge in [0, 0.05) is 11.3 Å². The van der Waals surface area contributed by atoms with E-state index in [2.05, 4.69) is 43.8 Å². The minimum absolute atomic E-state index is 0.00190. The molecule has 0 fully saturated rings. The highest BCUT2D eigenvalue weighted by atomic mass is 16.5. The molecule has 0 spiro atoms. The Kier molecular flexibility index (Phi) is 6.42. The third kappa shape index (κ3) is 4.44. The Morgan fingerprint density at radius 1 is 1.06 bits per heavy atom. The van der Waals surface area contributed by atoms with Crippen molar-refractivity contribution < 1.29 is 4.74 Å². The Hall–Kier alpha value is -4.10. The molecule has 4 rings (SSSR count). The summed E-state index contributed by atoms with van der Waals surface area (Å²) in [6.45, 7) is 6.45. The van der Waals surface area contributed by atoms with Crippen LogP contribution in [0.2, 0.25) is 0 Å². The standard InChI is InChI=1S/C29H26N2O2/c1-4-22(23-13-9-20(2)10-14-23)17-26-25-7-5-6-8-28(25)31(29(32)27(26)18-30)19-21-11-15-24(33-3)16-12-21/h4-16,22H,1,17,19H2,2-3H3/t22-/m1/s1. The Bertz CT molecular complexity index is 1390. The molecule has 0 aliphatic rings. The second-order valence-corrected chi connectivity index (χ2v) is 8.18. The molecular formula is C29H26N2O2. The van der Waals surface area contributed by atoms with E-state index in [4.69, 9.17) is 4.74 Å². The number of pyridine rings is 1. The fraction of sp³-hybridized carbons (Fsp3) is 0.172. The molecule has 0 saturated heterocycles. The number of aryl methyl sites for hydroxylation is 1. The van der Waals surface area contributed by atoms with E-state index in [0.717, 1.165) is 33.3 Å². The summed E-state index contributed by atoms with van der Waals surface area (Å²) in [6.07, 6.45) is 2.43. The molecule has 0 aliphatic carbocycles. The normalized spacial score (nSPS) is 11.7. The summed E-state index contributed by atoms with van der Waals surface area (Å²) in [4.78, 5) is 13.5. The number of nitrogens with zero attached hydrogens (tertiary/aromatic N) is 2. The number of ether oxygens (including phenoxy) is 1. The summed E-state index contributed by atoms with van der Waals surface area (Å²) < 4.78 is 6.92. The summed E-state index contributed by atoms with van der Waals surface area (Å²) >= 11 is 0. The Morgan fingerprint density at radius 2 is 1.76 bits per heavy atom. The lowest BCUT2D eigenvalue weighted by atomic mass is 9.88. The highest BCUT2D eigenvalue weighted by Gasteiger charge is 2.20. The first kappa shape index (κ1) is 22.1. The lowest BCUT2D eigenvalue weighted by Crippen LogP contribution is -2.26. The van der Waals surface area contributed by atoms with Crippen LogP contribution < -0.4 is 10.3 Å². The maximum absolute atomic E-state index is 13.5. The third-order valence-corrected chi connectivity index (χ3v) is 6.11. The molecule has 0 unspecified atom stereocenters. The van der Waals surface area contributed by atoms with E-state index < -0.39 is 0 Å². The SMILES string of the molecule is C=C[C@H](Cc1c(C#N)c(=O)n(Cc2ccc(OC)cc2)c2ccccc12)c1ccc(C)cc1. The zero-order valence-corrected chi connectivity index (χ0v) is 18.9. The molecule has 4 heteroatoms. The molecule has 33 heavy (non-hydrogen) atoms. The van der Waals surface area contributed by atoms with Crippen molar-refractivity contribution in [3.63, 3.8) is 0 Å². The number of allylic oxidation sites excluding steroid dienone is 1. The maximum Gasteiger partial charge on any atom is 0.269 e. The van der Waals surface area contributed by atoms with Crippen molar-refractivity contribution in [1.29, 1.82) is 5.26 Å². The van der Waals surface area contributed by atoms with Crippen LogP contribution in [0, 0.1) is 18.3 Å². The van der Waals surface area contributed by atoms with Gasteiger partial charge in [-0.05, 0) is 48.2 Å². The van der Waals surface area contributed by atoms with Gasteiger partial charge in [0.05, 0.1) is 19.2 Å². The van der Waals surface area contributed by atoms with Crippen LogP contribution in [0.4, 0.5) is 0 Å². The minimum Gasteiger partial charge on any atom is -0.497 e. The number of methoxy groups -OCH3 is 1. The van der Waals surface area contributed by atoms with E-state index in [1.807, 2.05) is 54.6 Å². The van der Waals surface area contributed by atoms with E-state index in [9.17, 15) is 10.1 Å². The van der Waals surface area contributed by atoms with Gasteiger partial charge in [0.1, 0.15) is 17.4 Å². The summed E-state index contributed by atoms with van der Waals surface area (Å²) in [7, 11) is 1.62. The van der Waals surface area contributed by atoms with Gasteiger partial charge in [-0.3, -0.25) is 4.79 Å². The molecule has 1 heterocycles. The van der Waals surface area contributed by atoms with Crippen molar-refractivity contribution >= 4 is 10.9 Å². The molecule has 0 aliphatic heterocycles. The molecular weight excluding hydrogens is 408 g/mol. The van der Waals surface area contributed by atoms with E-state index in [0.29, 0.717) is 13.0 Å². The number of para-hydroxylation sites is 1. The van der Waals surface area contributed by atoms with Crippen molar-refractivity contribution in [2.24, 2.45) is 0 Å². The molecule has 0 bridgehead atoms. The Morgan fingerprint density at radius 3 is 2.39 bits per heavy atom. The molecule has 0 N–H and O–H groups in total. The maximum atomic E-state index is 13.5. The molecule has 1 aromatic heterocycles. The van der Waals surface area contributed by atoms with Crippen LogP contribution in [0.25, 0.3) is 10.9 Å². The summed E-state index contributed by atoms with van der Waals surface area (Å²) in [5, 5.41) is 10.9. The smallest absolute Gasteiger partial charge is 0.269 e. The first-order valence-corrected chi connectivity index (χ1v) is 10.9. The summed E-state index contributed by atoms with van der Waals surface area (Å²) in [5.41, 5.74) is 4.78. The topological polar surface area (TPSA) is 55.0 Å². The van der Waals surface area contributed by atoms with Crippen LogP contribution >= 0.6 is 0 Å². The van der Waals surface area contributed by atoms with Crippen molar-refractivity contribution in [3.05, 3.63) is 124 Å². The van der Waals surface area contributed by atoms with E-state index in [1.54, 1.807) is 11.7 Å². The van der Waals surface area contributed by atoms with Gasteiger partial charge in [0.2, 0.25) is 0 Å². The van der Waals surface area contributed by atoms with Gasteiger partial charge in [-0.2, -0.15) is 5.26 Å². The number of aromatic nitrogens is 1. The number of hydrogen-bond donors (Lipinski definition) is 0. The average molecular weight is 435 g/mol. The van der Waals surface area contributed by atoms with Crippen LogP contribution in [-0.4, -0.2) is 11.7 Å². The molecule has 3 aromatic carbocycles. The molecule has 0 amide bonds. The summed E-state index contributed by atoms with van der Waals surface area (Å²) in [5.74, 6) is 0.758. The first-order chi connectivity index (χ1) is 16.0. The van der Waals surface area contributed by atoms with Gasteiger partial charge in [-0.25, -0.2) is 0 Å². The molecule has 0 saturated carbocycles. The second kappa shape index (κ2) is 9.58. The quantitative estimate of drug-likeness (QED) is 0.348. The van der Waals surface area contributed by atoms with Crippen LogP contribution in [0.15, 0.2) is 90.2 Å². The Labute approximate surface area is 194 Å². The van der Waals surface area contributed by atoms with Crippen LogP contribution in [0.3, 0.4) is 0 Å². The van der Waals surface area contributed by atoms with Crippen molar-refractivity contribution in [1.82, 2.24) is 4.57 Å². The lowest BCUT2D eigenvalue weighted by molar-refractivity contribution is 0.414. The monoisotopic (exact) mass is 434 g/mol. The van der Waals surface area contributed by atoms with Crippen LogP contribution in [0.1, 0.15) is 33.7 Å². The van der Waals surface area contributed by atoms with E-state index in [-0.39, 0.29) is 17.0 Å². The Balaban J connectivity index is 1.83. The third-order valence-electron chi connectivity index (χ3n) is 6.11. The zero-order valence-electron chi connectivity index (χ0n) is 18.9. The van der Waals surface area contributed by atoms with Gasteiger partial charge in [-0.15, -0.1) is 6.58 Å². The average Bonchev–Trinajstić information content (AvgIpc) is 2.85. The first-order valence-electron chi connectivity index (χ1n) is 10.9. The molecule has 164 valence electrons. The number of hydrogen-bond acceptors (Lipinski definition) is 3. The number of nitriles is 1. The highest BCUT2D eigenvalue weighted by molar-refractivity contribution is 5.85. The fourth-order valence-corrected chi connectivity index (χ4v) is 4.24. The molecule has 4 nitrogen and oxygen atoms in total. The van der Waals surface area contributed by atoms with Gasteiger partial charge < -0.3 is 9.30 Å².